The first-order valence-electron chi connectivity index (χ1n) is 13.5. The van der Waals surface area contributed by atoms with E-state index < -0.39 is 0 Å². The smallest absolute Gasteiger partial charge is 0.104 e. The second-order valence-electron chi connectivity index (χ2n) is 9.51. The fraction of sp³-hybridized carbons (Fsp3) is 0.724. The number of aliphatic hydroxyl groups excluding tert-OH is 2. The maximum absolute atomic E-state index is 9.64. The number of hydrogen-bond donors (Lipinski definition) is 2. The van der Waals surface area contributed by atoms with Crippen molar-refractivity contribution >= 4 is 0 Å². The third-order valence-corrected chi connectivity index (χ3v) is 6.67. The molecule has 0 saturated carbocycles. The first-order chi connectivity index (χ1) is 15.8. The summed E-state index contributed by atoms with van der Waals surface area (Å²) in [5.41, 5.74) is 1.29. The molecule has 0 amide bonds. The highest BCUT2D eigenvalue weighted by molar-refractivity contribution is 5.13. The van der Waals surface area contributed by atoms with Crippen LogP contribution < -0.4 is 0 Å². The number of benzene rings is 1. The van der Waals surface area contributed by atoms with E-state index in [0.717, 1.165) is 30.7 Å². The molecule has 2 N–H and O–H groups in total. The highest BCUT2D eigenvalue weighted by atomic mass is 16.3. The van der Waals surface area contributed by atoms with Gasteiger partial charge in [-0.3, -0.25) is 0 Å². The average molecular weight is 447 g/mol. The van der Waals surface area contributed by atoms with E-state index in [1.165, 1.54) is 95.5 Å². The van der Waals surface area contributed by atoms with E-state index in [0.29, 0.717) is 0 Å². The highest BCUT2D eigenvalue weighted by Gasteiger charge is 2.26. The Bertz CT molecular complexity index is 537. The van der Waals surface area contributed by atoms with Crippen LogP contribution >= 0.6 is 0 Å². The largest absolute Gasteiger partial charge is 0.391 e. The van der Waals surface area contributed by atoms with Crippen LogP contribution in [0.4, 0.5) is 0 Å². The minimum Gasteiger partial charge on any atom is -0.391 e. The van der Waals surface area contributed by atoms with Crippen molar-refractivity contribution in [2.24, 2.45) is 0 Å². The van der Waals surface area contributed by atoms with Crippen molar-refractivity contribution in [2.75, 3.05) is 32.8 Å². The molecule has 1 rings (SSSR count). The molecule has 0 bridgehead atoms. The molecule has 0 saturated heterocycles. The van der Waals surface area contributed by atoms with Crippen LogP contribution in [0.15, 0.2) is 42.5 Å². The van der Waals surface area contributed by atoms with Crippen LogP contribution in [0.25, 0.3) is 0 Å². The van der Waals surface area contributed by atoms with Gasteiger partial charge in [0.2, 0.25) is 0 Å². The lowest BCUT2D eigenvalue weighted by Crippen LogP contribution is -2.51. The Kier molecular flexibility index (Phi) is 18.4. The van der Waals surface area contributed by atoms with Crippen molar-refractivity contribution in [1.29, 1.82) is 0 Å². The van der Waals surface area contributed by atoms with Crippen LogP contribution in [0, 0.1) is 0 Å². The molecule has 0 spiro atoms. The summed E-state index contributed by atoms with van der Waals surface area (Å²) in [6.07, 6.45) is 23.3. The standard InChI is InChI=1S/C29H52NO2/c1-2-3-4-5-6-7-8-9-10-11-12-13-14-15-16-20-23-30(24-26-31,25-27-32)28-29-21-18-17-19-22-29/h3-4,17-19,21-22,31-32H,2,5-16,20,23-28H2,1H3/q+1/b4-3+. The van der Waals surface area contributed by atoms with Crippen molar-refractivity contribution in [3.8, 4) is 0 Å². The number of quaternary nitrogens is 1. The topological polar surface area (TPSA) is 40.5 Å². The van der Waals surface area contributed by atoms with Crippen molar-refractivity contribution in [2.45, 2.75) is 103 Å². The molecule has 0 fully saturated rings. The first-order valence-corrected chi connectivity index (χ1v) is 13.5. The van der Waals surface area contributed by atoms with Gasteiger partial charge in [-0.25, -0.2) is 0 Å². The molecule has 3 heteroatoms. The molecule has 32 heavy (non-hydrogen) atoms. The molecule has 0 atom stereocenters. The van der Waals surface area contributed by atoms with E-state index in [4.69, 9.17) is 0 Å². The molecular formula is C29H52NO2+. The van der Waals surface area contributed by atoms with Gasteiger partial charge in [0, 0.05) is 5.56 Å². The molecule has 0 unspecified atom stereocenters. The Labute approximate surface area is 199 Å². The molecule has 0 aliphatic heterocycles. The monoisotopic (exact) mass is 446 g/mol. The van der Waals surface area contributed by atoms with Crippen molar-refractivity contribution in [1.82, 2.24) is 0 Å². The highest BCUT2D eigenvalue weighted by Crippen LogP contribution is 2.18. The van der Waals surface area contributed by atoms with E-state index in [1.54, 1.807) is 0 Å². The zero-order valence-electron chi connectivity index (χ0n) is 21.0. The second-order valence-corrected chi connectivity index (χ2v) is 9.51. The van der Waals surface area contributed by atoms with Crippen LogP contribution in [0.2, 0.25) is 0 Å². The molecule has 184 valence electrons. The van der Waals surface area contributed by atoms with E-state index in [1.807, 2.05) is 6.07 Å². The molecule has 0 aliphatic carbocycles. The lowest BCUT2D eigenvalue weighted by atomic mass is 10.0. The van der Waals surface area contributed by atoms with Crippen LogP contribution in [-0.4, -0.2) is 47.5 Å². The summed E-state index contributed by atoms with van der Waals surface area (Å²) in [4.78, 5) is 0. The fourth-order valence-corrected chi connectivity index (χ4v) is 4.73. The van der Waals surface area contributed by atoms with Crippen molar-refractivity contribution in [3.05, 3.63) is 48.0 Å². The summed E-state index contributed by atoms with van der Waals surface area (Å²) in [5.74, 6) is 0. The lowest BCUT2D eigenvalue weighted by Gasteiger charge is -2.38. The molecule has 1 aromatic rings. The van der Waals surface area contributed by atoms with Gasteiger partial charge in [0.25, 0.3) is 0 Å². The molecule has 0 radical (unpaired) electrons. The van der Waals surface area contributed by atoms with Gasteiger partial charge in [-0.05, 0) is 32.1 Å². The predicted molar refractivity (Wildman–Crippen MR) is 139 cm³/mol. The Hall–Kier alpha value is -1.16. The van der Waals surface area contributed by atoms with Crippen molar-refractivity contribution < 1.29 is 14.7 Å². The van der Waals surface area contributed by atoms with Gasteiger partial charge in [0.1, 0.15) is 19.6 Å². The number of aliphatic hydroxyl groups is 2. The molecule has 0 aliphatic rings. The number of allylic oxidation sites excluding steroid dienone is 2. The number of unbranched alkanes of at least 4 members (excludes halogenated alkanes) is 12. The lowest BCUT2D eigenvalue weighted by molar-refractivity contribution is -0.941. The van der Waals surface area contributed by atoms with Gasteiger partial charge in [0.15, 0.2) is 0 Å². The third kappa shape index (κ3) is 14.8. The summed E-state index contributed by atoms with van der Waals surface area (Å²) in [7, 11) is 0. The molecule has 0 aromatic heterocycles. The van der Waals surface area contributed by atoms with Gasteiger partial charge in [-0.2, -0.15) is 0 Å². The fourth-order valence-electron chi connectivity index (χ4n) is 4.73. The van der Waals surface area contributed by atoms with Crippen LogP contribution in [0.5, 0.6) is 0 Å². The summed E-state index contributed by atoms with van der Waals surface area (Å²) < 4.78 is 0.798. The number of hydrogen-bond acceptors (Lipinski definition) is 2. The Morgan fingerprint density at radius 1 is 0.625 bits per heavy atom. The third-order valence-electron chi connectivity index (χ3n) is 6.67. The van der Waals surface area contributed by atoms with Gasteiger partial charge >= 0.3 is 0 Å². The van der Waals surface area contributed by atoms with Crippen LogP contribution in [0.3, 0.4) is 0 Å². The van der Waals surface area contributed by atoms with Gasteiger partial charge in [0.05, 0.1) is 19.8 Å². The number of nitrogens with zero attached hydrogens (tertiary/aromatic N) is 1. The van der Waals surface area contributed by atoms with E-state index >= 15 is 0 Å². The normalized spacial score (nSPS) is 12.1. The quantitative estimate of drug-likeness (QED) is 0.114. The van der Waals surface area contributed by atoms with Gasteiger partial charge in [-0.1, -0.05) is 107 Å². The average Bonchev–Trinajstić information content (AvgIpc) is 2.80. The Balaban J connectivity index is 2.08. The van der Waals surface area contributed by atoms with Crippen molar-refractivity contribution in [3.63, 3.8) is 0 Å². The summed E-state index contributed by atoms with van der Waals surface area (Å²) in [6, 6.07) is 10.5. The maximum Gasteiger partial charge on any atom is 0.104 e. The zero-order valence-corrected chi connectivity index (χ0v) is 21.0. The number of rotatable bonds is 22. The molecule has 1 aromatic carbocycles. The van der Waals surface area contributed by atoms with Crippen LogP contribution in [-0.2, 0) is 6.54 Å². The Morgan fingerprint density at radius 2 is 1.12 bits per heavy atom. The maximum atomic E-state index is 9.64. The Morgan fingerprint density at radius 3 is 1.62 bits per heavy atom. The first kappa shape index (κ1) is 28.9. The van der Waals surface area contributed by atoms with E-state index in [-0.39, 0.29) is 13.2 Å². The molecule has 0 heterocycles. The minimum atomic E-state index is 0.183. The second kappa shape index (κ2) is 20.4. The summed E-state index contributed by atoms with van der Waals surface area (Å²) in [6.45, 7) is 5.97. The summed E-state index contributed by atoms with van der Waals surface area (Å²) >= 11 is 0. The molecular weight excluding hydrogens is 394 g/mol. The predicted octanol–water partition coefficient (Wildman–Crippen LogP) is 7.03. The summed E-state index contributed by atoms with van der Waals surface area (Å²) in [5, 5.41) is 19.3. The van der Waals surface area contributed by atoms with E-state index in [9.17, 15) is 10.2 Å². The zero-order chi connectivity index (χ0) is 23.2. The van der Waals surface area contributed by atoms with Gasteiger partial charge in [-0.15, -0.1) is 0 Å². The molecule has 3 nitrogen and oxygen atoms in total. The minimum absolute atomic E-state index is 0.183. The van der Waals surface area contributed by atoms with Crippen LogP contribution in [0.1, 0.15) is 102 Å². The van der Waals surface area contributed by atoms with Gasteiger partial charge < -0.3 is 14.7 Å². The SMILES string of the molecule is CC/C=C/CCCCCCCCCCCCCC[N+](CCO)(CCO)Cc1ccccc1. The van der Waals surface area contributed by atoms with E-state index in [2.05, 4.69) is 43.3 Å².